The molecule has 1 N–H and O–H groups in total. The van der Waals surface area contributed by atoms with E-state index in [2.05, 4.69) is 31.6 Å². The first-order chi connectivity index (χ1) is 10.0. The zero-order chi connectivity index (χ0) is 15.4. The van der Waals surface area contributed by atoms with E-state index >= 15 is 0 Å². The molecular formula is C13H12BrClN4O2. The fraction of sp³-hybridized carbons (Fsp3) is 0.154. The van der Waals surface area contributed by atoms with Crippen LogP contribution in [-0.4, -0.2) is 23.1 Å². The summed E-state index contributed by atoms with van der Waals surface area (Å²) in [5.41, 5.74) is 3.51. The topological polar surface area (TPSA) is 68.5 Å². The summed E-state index contributed by atoms with van der Waals surface area (Å²) in [7, 11) is 3.12. The van der Waals surface area contributed by atoms with E-state index in [4.69, 9.17) is 16.3 Å². The molecular weight excluding hydrogens is 360 g/mol. The van der Waals surface area contributed by atoms with Crippen molar-refractivity contribution in [3.8, 4) is 5.75 Å². The highest BCUT2D eigenvalue weighted by molar-refractivity contribution is 9.10. The van der Waals surface area contributed by atoms with Gasteiger partial charge in [0.05, 0.1) is 24.0 Å². The van der Waals surface area contributed by atoms with Crippen LogP contribution in [-0.2, 0) is 7.05 Å². The lowest BCUT2D eigenvalue weighted by atomic mass is 10.2. The molecule has 21 heavy (non-hydrogen) atoms. The van der Waals surface area contributed by atoms with Crippen molar-refractivity contribution in [3.63, 3.8) is 0 Å². The molecule has 0 atom stereocenters. The molecule has 1 aromatic carbocycles. The average molecular weight is 372 g/mol. The van der Waals surface area contributed by atoms with Crippen LogP contribution in [0.4, 0.5) is 5.69 Å². The van der Waals surface area contributed by atoms with Gasteiger partial charge in [-0.2, -0.15) is 10.2 Å². The minimum absolute atomic E-state index is 0.0422. The Morgan fingerprint density at radius 2 is 2.29 bits per heavy atom. The molecule has 0 aliphatic rings. The van der Waals surface area contributed by atoms with Gasteiger partial charge in [-0.3, -0.25) is 10.2 Å². The Balaban J connectivity index is 2.14. The molecule has 8 heteroatoms. The number of benzene rings is 1. The van der Waals surface area contributed by atoms with Gasteiger partial charge >= 0.3 is 0 Å². The number of methoxy groups -OCH3 is 1. The van der Waals surface area contributed by atoms with Crippen LogP contribution >= 0.6 is 27.5 Å². The number of aromatic nitrogens is 2. The minimum Gasteiger partial charge on any atom is -0.496 e. The maximum absolute atomic E-state index is 11.6. The first-order valence-corrected chi connectivity index (χ1v) is 7.04. The highest BCUT2D eigenvalue weighted by Crippen LogP contribution is 2.24. The number of halogens is 2. The van der Waals surface area contributed by atoms with Crippen molar-refractivity contribution in [3.05, 3.63) is 49.8 Å². The van der Waals surface area contributed by atoms with Gasteiger partial charge < -0.3 is 4.74 Å². The number of hydrogen-bond acceptors (Lipinski definition) is 5. The SMILES string of the molecule is COc1ccc(/C=N\Nc2cnn(C)c(=O)c2Cl)cc1Br. The number of rotatable bonds is 4. The summed E-state index contributed by atoms with van der Waals surface area (Å²) in [4.78, 5) is 11.6. The van der Waals surface area contributed by atoms with Crippen LogP contribution in [0.25, 0.3) is 0 Å². The minimum atomic E-state index is -0.385. The molecule has 1 heterocycles. The third-order valence-corrected chi connectivity index (χ3v) is 3.64. The van der Waals surface area contributed by atoms with Crippen LogP contribution in [0.5, 0.6) is 5.75 Å². The Labute approximate surface area is 134 Å². The Morgan fingerprint density at radius 1 is 1.52 bits per heavy atom. The van der Waals surface area contributed by atoms with Crippen molar-refractivity contribution in [1.29, 1.82) is 0 Å². The summed E-state index contributed by atoms with van der Waals surface area (Å²) in [6.45, 7) is 0. The Hall–Kier alpha value is -1.86. The van der Waals surface area contributed by atoms with Gasteiger partial charge in [-0.15, -0.1) is 0 Å². The molecule has 1 aromatic heterocycles. The number of aryl methyl sites for hydroxylation is 1. The molecule has 0 saturated carbocycles. The fourth-order valence-corrected chi connectivity index (χ4v) is 2.30. The van der Waals surface area contributed by atoms with Crippen LogP contribution < -0.4 is 15.7 Å². The van der Waals surface area contributed by atoms with Crippen LogP contribution in [0.3, 0.4) is 0 Å². The third-order valence-electron chi connectivity index (χ3n) is 2.65. The third kappa shape index (κ3) is 3.62. The highest BCUT2D eigenvalue weighted by Gasteiger charge is 2.06. The van der Waals surface area contributed by atoms with E-state index in [0.29, 0.717) is 5.69 Å². The van der Waals surface area contributed by atoms with Crippen LogP contribution in [0, 0.1) is 0 Å². The smallest absolute Gasteiger partial charge is 0.287 e. The van der Waals surface area contributed by atoms with E-state index in [1.807, 2.05) is 18.2 Å². The first-order valence-electron chi connectivity index (χ1n) is 5.87. The molecule has 0 unspecified atom stereocenters. The summed E-state index contributed by atoms with van der Waals surface area (Å²) in [6.07, 6.45) is 3.03. The van der Waals surface area contributed by atoms with E-state index in [-0.39, 0.29) is 10.6 Å². The quantitative estimate of drug-likeness (QED) is 0.663. The number of hydrazone groups is 1. The maximum atomic E-state index is 11.6. The molecule has 0 spiro atoms. The van der Waals surface area contributed by atoms with Gasteiger partial charge in [-0.25, -0.2) is 4.68 Å². The summed E-state index contributed by atoms with van der Waals surface area (Å²) in [6, 6.07) is 5.52. The predicted molar refractivity (Wildman–Crippen MR) is 86.4 cm³/mol. The van der Waals surface area contributed by atoms with Crippen LogP contribution in [0.2, 0.25) is 5.02 Å². The Bertz CT molecular complexity index is 745. The van der Waals surface area contributed by atoms with Crippen LogP contribution in [0.1, 0.15) is 5.56 Å². The molecule has 0 fully saturated rings. The number of nitrogens with zero attached hydrogens (tertiary/aromatic N) is 3. The number of anilines is 1. The summed E-state index contributed by atoms with van der Waals surface area (Å²) in [5.74, 6) is 0.735. The summed E-state index contributed by atoms with van der Waals surface area (Å²) < 4.78 is 7.12. The van der Waals surface area contributed by atoms with Crippen molar-refractivity contribution in [2.75, 3.05) is 12.5 Å². The van der Waals surface area contributed by atoms with Crippen LogP contribution in [0.15, 0.2) is 38.8 Å². The lowest BCUT2D eigenvalue weighted by Crippen LogP contribution is -2.20. The van der Waals surface area contributed by atoms with Crippen molar-refractivity contribution >= 4 is 39.4 Å². The zero-order valence-electron chi connectivity index (χ0n) is 11.3. The maximum Gasteiger partial charge on any atom is 0.287 e. The standard InChI is InChI=1S/C13H12BrClN4O2/c1-19-13(20)12(15)10(7-17-19)18-16-6-8-3-4-11(21-2)9(14)5-8/h3-7,18H,1-2H3/b16-6-. The Morgan fingerprint density at radius 3 is 2.95 bits per heavy atom. The average Bonchev–Trinajstić information content (AvgIpc) is 2.47. The van der Waals surface area contributed by atoms with E-state index in [9.17, 15) is 4.79 Å². The van der Waals surface area contributed by atoms with Gasteiger partial charge in [-0.1, -0.05) is 11.6 Å². The van der Waals surface area contributed by atoms with Gasteiger partial charge in [-0.05, 0) is 39.7 Å². The number of hydrogen-bond donors (Lipinski definition) is 1. The lowest BCUT2D eigenvalue weighted by Gasteiger charge is -2.04. The van der Waals surface area contributed by atoms with E-state index < -0.39 is 0 Å². The van der Waals surface area contributed by atoms with Crippen molar-refractivity contribution in [2.24, 2.45) is 12.1 Å². The fourth-order valence-electron chi connectivity index (χ4n) is 1.53. The molecule has 0 aliphatic carbocycles. The second kappa shape index (κ2) is 6.73. The predicted octanol–water partition coefficient (Wildman–Crippen LogP) is 2.65. The highest BCUT2D eigenvalue weighted by atomic mass is 79.9. The van der Waals surface area contributed by atoms with Gasteiger partial charge in [0, 0.05) is 7.05 Å². The summed E-state index contributed by atoms with van der Waals surface area (Å²) in [5, 5.41) is 7.93. The monoisotopic (exact) mass is 370 g/mol. The second-order valence-corrected chi connectivity index (χ2v) is 5.30. The molecule has 2 rings (SSSR count). The molecule has 0 radical (unpaired) electrons. The zero-order valence-corrected chi connectivity index (χ0v) is 13.6. The van der Waals surface area contributed by atoms with E-state index in [0.717, 1.165) is 20.5 Å². The molecule has 110 valence electrons. The molecule has 6 nitrogen and oxygen atoms in total. The van der Waals surface area contributed by atoms with Crippen molar-refractivity contribution < 1.29 is 4.74 Å². The van der Waals surface area contributed by atoms with Gasteiger partial charge in [0.15, 0.2) is 0 Å². The van der Waals surface area contributed by atoms with Gasteiger partial charge in [0.25, 0.3) is 5.56 Å². The molecule has 0 amide bonds. The first kappa shape index (κ1) is 15.5. The van der Waals surface area contributed by atoms with E-state index in [1.165, 1.54) is 13.2 Å². The largest absolute Gasteiger partial charge is 0.496 e. The van der Waals surface area contributed by atoms with Gasteiger partial charge in [0.2, 0.25) is 0 Å². The normalized spacial score (nSPS) is 10.9. The number of ether oxygens (including phenoxy) is 1. The van der Waals surface area contributed by atoms with Crippen molar-refractivity contribution in [1.82, 2.24) is 9.78 Å². The van der Waals surface area contributed by atoms with Gasteiger partial charge in [0.1, 0.15) is 16.5 Å². The molecule has 0 saturated heterocycles. The second-order valence-electron chi connectivity index (χ2n) is 4.06. The number of nitrogens with one attached hydrogen (secondary N) is 1. The molecule has 2 aromatic rings. The summed E-state index contributed by atoms with van der Waals surface area (Å²) >= 11 is 9.30. The molecule has 0 aliphatic heterocycles. The van der Waals surface area contributed by atoms with Crippen molar-refractivity contribution in [2.45, 2.75) is 0 Å². The Kier molecular flexibility index (Phi) is 4.98. The molecule has 0 bridgehead atoms. The van der Waals surface area contributed by atoms with E-state index in [1.54, 1.807) is 13.3 Å². The lowest BCUT2D eigenvalue weighted by molar-refractivity contribution is 0.412.